The summed E-state index contributed by atoms with van der Waals surface area (Å²) in [6, 6.07) is 13.7. The summed E-state index contributed by atoms with van der Waals surface area (Å²) in [6.45, 7) is 3.07. The van der Waals surface area contributed by atoms with Crippen LogP contribution in [0.2, 0.25) is 0 Å². The normalized spacial score (nSPS) is 16.6. The van der Waals surface area contributed by atoms with Gasteiger partial charge < -0.3 is 10.1 Å². The van der Waals surface area contributed by atoms with Crippen LogP contribution < -0.4 is 10.0 Å². The number of anilines is 1. The molecule has 3 rings (SSSR count). The maximum atomic E-state index is 12.2. The van der Waals surface area contributed by atoms with Gasteiger partial charge in [-0.1, -0.05) is 31.2 Å². The molecule has 0 saturated heterocycles. The number of aliphatic imine (C=N–C) groups is 1. The number of hydrogen-bond acceptors (Lipinski definition) is 6. The summed E-state index contributed by atoms with van der Waals surface area (Å²) in [5, 5.41) is 2.68. The molecule has 0 unspecified atom stereocenters. The van der Waals surface area contributed by atoms with Crippen LogP contribution in [-0.4, -0.2) is 38.8 Å². The van der Waals surface area contributed by atoms with E-state index >= 15 is 0 Å². The van der Waals surface area contributed by atoms with E-state index in [0.717, 1.165) is 12.0 Å². The molecule has 2 N–H and O–H groups in total. The van der Waals surface area contributed by atoms with Crippen molar-refractivity contribution in [3.8, 4) is 0 Å². The van der Waals surface area contributed by atoms with E-state index in [-0.39, 0.29) is 10.7 Å². The lowest BCUT2D eigenvalue weighted by Gasteiger charge is -2.13. The number of esters is 1. The Labute approximate surface area is 169 Å². The number of carbonyl (C=O) groups excluding carboxylic acids is 2. The second kappa shape index (κ2) is 8.44. The van der Waals surface area contributed by atoms with Crippen molar-refractivity contribution in [2.45, 2.75) is 31.3 Å². The summed E-state index contributed by atoms with van der Waals surface area (Å²) >= 11 is 0. The third-order valence-electron chi connectivity index (χ3n) is 4.34. The third-order valence-corrected chi connectivity index (χ3v) is 5.73. The number of hydrogen-bond donors (Lipinski definition) is 2. The van der Waals surface area contributed by atoms with E-state index in [4.69, 9.17) is 4.74 Å². The van der Waals surface area contributed by atoms with Crippen LogP contribution in [0.1, 0.15) is 25.0 Å². The Balaban J connectivity index is 1.58. The average molecular weight is 415 g/mol. The Hall–Kier alpha value is -3.20. The van der Waals surface area contributed by atoms with Crippen LogP contribution in [0.5, 0.6) is 0 Å². The maximum Gasteiger partial charge on any atom is 0.328 e. The molecule has 2 aromatic rings. The zero-order valence-corrected chi connectivity index (χ0v) is 16.8. The molecule has 0 aromatic heterocycles. The summed E-state index contributed by atoms with van der Waals surface area (Å²) in [5.74, 6) is -1.14. The molecular weight excluding hydrogens is 394 g/mol. The molecule has 1 aliphatic rings. The minimum Gasteiger partial charge on any atom is -0.451 e. The fourth-order valence-electron chi connectivity index (χ4n) is 2.75. The van der Waals surface area contributed by atoms with Gasteiger partial charge in [0, 0.05) is 11.3 Å². The number of nitrogens with zero attached hydrogens (tertiary/aromatic N) is 1. The van der Waals surface area contributed by atoms with E-state index in [1.54, 1.807) is 30.3 Å². The quantitative estimate of drug-likeness (QED) is 0.699. The zero-order chi connectivity index (χ0) is 21.0. The smallest absolute Gasteiger partial charge is 0.328 e. The van der Waals surface area contributed by atoms with E-state index in [9.17, 15) is 18.0 Å². The van der Waals surface area contributed by atoms with Crippen molar-refractivity contribution in [3.05, 3.63) is 59.7 Å². The maximum absolute atomic E-state index is 12.2. The van der Waals surface area contributed by atoms with Gasteiger partial charge in [-0.05, 0) is 43.2 Å². The van der Waals surface area contributed by atoms with Gasteiger partial charge >= 0.3 is 5.97 Å². The Morgan fingerprint density at radius 1 is 1.14 bits per heavy atom. The molecule has 0 spiro atoms. The highest BCUT2D eigenvalue weighted by Crippen LogP contribution is 2.22. The molecule has 1 heterocycles. The molecule has 29 heavy (non-hydrogen) atoms. The standard InChI is InChI=1S/C20H21N3O5S/c1-3-14-8-10-15(11-9-14)22-20(25)13(2)28-18(24)12-21-19-16-6-4-5-7-17(16)29(26,27)23-19/h4-11,13H,3,12H2,1-2H3,(H,21,23)(H,22,25)/t13-/m1/s1. The average Bonchev–Trinajstić information content (AvgIpc) is 2.97. The molecular formula is C20H21N3O5S. The van der Waals surface area contributed by atoms with Gasteiger partial charge in [0.1, 0.15) is 12.4 Å². The lowest BCUT2D eigenvalue weighted by atomic mass is 10.1. The fourth-order valence-corrected chi connectivity index (χ4v) is 4.00. The first-order valence-corrected chi connectivity index (χ1v) is 10.5. The Kier molecular flexibility index (Phi) is 5.97. The molecule has 9 heteroatoms. The van der Waals surface area contributed by atoms with Crippen LogP contribution in [0.25, 0.3) is 0 Å². The van der Waals surface area contributed by atoms with Gasteiger partial charge in [-0.2, -0.15) is 0 Å². The lowest BCUT2D eigenvalue weighted by Crippen LogP contribution is -2.31. The van der Waals surface area contributed by atoms with E-state index in [1.807, 2.05) is 19.1 Å². The first-order valence-electron chi connectivity index (χ1n) is 9.06. The van der Waals surface area contributed by atoms with Crippen molar-refractivity contribution in [3.63, 3.8) is 0 Å². The Morgan fingerprint density at radius 2 is 1.83 bits per heavy atom. The van der Waals surface area contributed by atoms with Crippen LogP contribution in [0.15, 0.2) is 58.4 Å². The molecule has 0 aliphatic carbocycles. The highest BCUT2D eigenvalue weighted by atomic mass is 32.2. The molecule has 1 aliphatic heterocycles. The zero-order valence-electron chi connectivity index (χ0n) is 16.0. The number of rotatable bonds is 6. The Bertz CT molecular complexity index is 1060. The SMILES string of the molecule is CCc1ccc(NC(=O)[C@@H](C)OC(=O)CN=C2NS(=O)(=O)c3ccccc32)cc1. The van der Waals surface area contributed by atoms with Crippen molar-refractivity contribution in [2.24, 2.45) is 4.99 Å². The van der Waals surface area contributed by atoms with Gasteiger partial charge in [-0.25, -0.2) is 8.42 Å². The van der Waals surface area contributed by atoms with E-state index < -0.39 is 34.5 Å². The van der Waals surface area contributed by atoms with Crippen LogP contribution in [0.4, 0.5) is 5.69 Å². The number of aryl methyl sites for hydroxylation is 1. The van der Waals surface area contributed by atoms with Crippen molar-refractivity contribution >= 4 is 33.4 Å². The van der Waals surface area contributed by atoms with Crippen molar-refractivity contribution in [1.82, 2.24) is 4.72 Å². The number of fused-ring (bicyclic) bond motifs is 1. The minimum atomic E-state index is -3.68. The van der Waals surface area contributed by atoms with Crippen molar-refractivity contribution in [2.75, 3.05) is 11.9 Å². The van der Waals surface area contributed by atoms with Crippen LogP contribution in [0.3, 0.4) is 0 Å². The van der Waals surface area contributed by atoms with Gasteiger partial charge in [-0.3, -0.25) is 19.3 Å². The summed E-state index contributed by atoms with van der Waals surface area (Å²) < 4.78 is 31.5. The van der Waals surface area contributed by atoms with Gasteiger partial charge in [0.15, 0.2) is 6.10 Å². The summed E-state index contributed by atoms with van der Waals surface area (Å²) in [6.07, 6.45) is -0.133. The summed E-state index contributed by atoms with van der Waals surface area (Å²) in [5.41, 5.74) is 2.14. The van der Waals surface area contributed by atoms with Gasteiger partial charge in [0.25, 0.3) is 15.9 Å². The highest BCUT2D eigenvalue weighted by Gasteiger charge is 2.30. The summed E-state index contributed by atoms with van der Waals surface area (Å²) in [7, 11) is -3.68. The van der Waals surface area contributed by atoms with Gasteiger partial charge in [-0.15, -0.1) is 0 Å². The van der Waals surface area contributed by atoms with Gasteiger partial charge in [0.05, 0.1) is 4.90 Å². The lowest BCUT2D eigenvalue weighted by molar-refractivity contribution is -0.151. The minimum absolute atomic E-state index is 0.0747. The van der Waals surface area contributed by atoms with Crippen LogP contribution in [0, 0.1) is 0 Å². The molecule has 2 aromatic carbocycles. The molecule has 0 saturated carbocycles. The topological polar surface area (TPSA) is 114 Å². The monoisotopic (exact) mass is 415 g/mol. The largest absolute Gasteiger partial charge is 0.451 e. The second-order valence-electron chi connectivity index (χ2n) is 6.44. The van der Waals surface area contributed by atoms with Gasteiger partial charge in [0.2, 0.25) is 0 Å². The van der Waals surface area contributed by atoms with Crippen LogP contribution >= 0.6 is 0 Å². The number of sulfonamides is 1. The van der Waals surface area contributed by atoms with E-state index in [1.165, 1.54) is 13.0 Å². The Morgan fingerprint density at radius 3 is 2.52 bits per heavy atom. The molecule has 0 bridgehead atoms. The first kappa shape index (κ1) is 20.5. The fraction of sp³-hybridized carbons (Fsp3) is 0.250. The number of benzene rings is 2. The molecule has 8 nitrogen and oxygen atoms in total. The number of amidine groups is 1. The predicted molar refractivity (Wildman–Crippen MR) is 108 cm³/mol. The molecule has 0 radical (unpaired) electrons. The predicted octanol–water partition coefficient (Wildman–Crippen LogP) is 1.86. The van der Waals surface area contributed by atoms with Crippen molar-refractivity contribution in [1.29, 1.82) is 0 Å². The van der Waals surface area contributed by atoms with Crippen molar-refractivity contribution < 1.29 is 22.7 Å². The van der Waals surface area contributed by atoms with E-state index in [2.05, 4.69) is 15.0 Å². The molecule has 152 valence electrons. The van der Waals surface area contributed by atoms with E-state index in [0.29, 0.717) is 11.3 Å². The number of nitrogens with one attached hydrogen (secondary N) is 2. The molecule has 1 atom stereocenters. The number of carbonyl (C=O) groups is 2. The molecule has 0 fully saturated rings. The summed E-state index contributed by atoms with van der Waals surface area (Å²) in [4.78, 5) is 28.3. The third kappa shape index (κ3) is 4.80. The highest BCUT2D eigenvalue weighted by molar-refractivity contribution is 7.90. The number of amides is 1. The van der Waals surface area contributed by atoms with Crippen LogP contribution in [-0.2, 0) is 30.8 Å². The number of ether oxygens (including phenoxy) is 1. The molecule has 1 amide bonds. The first-order chi connectivity index (χ1) is 13.8. The second-order valence-corrected chi connectivity index (χ2v) is 8.09.